The summed E-state index contributed by atoms with van der Waals surface area (Å²) >= 11 is 0. The Kier molecular flexibility index (Phi) is 6.84. The van der Waals surface area contributed by atoms with Gasteiger partial charge >= 0.3 is 6.18 Å². The summed E-state index contributed by atoms with van der Waals surface area (Å²) in [6, 6.07) is 14.2. The van der Waals surface area contributed by atoms with E-state index in [1.165, 1.54) is 18.1 Å². The van der Waals surface area contributed by atoms with Crippen molar-refractivity contribution in [2.45, 2.75) is 32.4 Å². The molecule has 0 bridgehead atoms. The van der Waals surface area contributed by atoms with Crippen LogP contribution in [0.5, 0.6) is 0 Å². The standard InChI is InChI=1S/C26H30F3N7/c1-19-8-10-20(11-9-19)30-22-18-24(34-12-3-2-4-13-34)33-25(32-22)36-16-14-35(15-17-36)23-7-5-6-21(31-23)26(27,28)29/h5-11,18H,2-4,12-17H2,1H3,(H,30,32,33). The first kappa shape index (κ1) is 24.1. The molecule has 2 aromatic heterocycles. The summed E-state index contributed by atoms with van der Waals surface area (Å²) < 4.78 is 39.3. The highest BCUT2D eigenvalue weighted by Gasteiger charge is 2.33. The molecule has 0 unspecified atom stereocenters. The van der Waals surface area contributed by atoms with Gasteiger partial charge in [0.05, 0.1) is 0 Å². The van der Waals surface area contributed by atoms with Crippen molar-refractivity contribution in [3.63, 3.8) is 0 Å². The van der Waals surface area contributed by atoms with E-state index in [0.717, 1.165) is 49.3 Å². The summed E-state index contributed by atoms with van der Waals surface area (Å²) in [6.45, 7) is 6.23. The fourth-order valence-corrected chi connectivity index (χ4v) is 4.59. The first-order valence-corrected chi connectivity index (χ1v) is 12.4. The predicted molar refractivity (Wildman–Crippen MR) is 136 cm³/mol. The van der Waals surface area contributed by atoms with Gasteiger partial charge in [-0.3, -0.25) is 0 Å². The van der Waals surface area contributed by atoms with Gasteiger partial charge in [-0.2, -0.15) is 23.1 Å². The van der Waals surface area contributed by atoms with Crippen LogP contribution >= 0.6 is 0 Å². The fraction of sp³-hybridized carbons (Fsp3) is 0.423. The zero-order chi connectivity index (χ0) is 25.1. The van der Waals surface area contributed by atoms with E-state index in [-0.39, 0.29) is 0 Å². The van der Waals surface area contributed by atoms with Crippen molar-refractivity contribution in [3.05, 3.63) is 59.8 Å². The molecule has 1 N–H and O–H groups in total. The molecule has 36 heavy (non-hydrogen) atoms. The van der Waals surface area contributed by atoms with E-state index in [1.807, 2.05) is 23.1 Å². The molecule has 0 atom stereocenters. The smallest absolute Gasteiger partial charge is 0.356 e. The highest BCUT2D eigenvalue weighted by molar-refractivity contribution is 5.62. The lowest BCUT2D eigenvalue weighted by Gasteiger charge is -2.36. The van der Waals surface area contributed by atoms with E-state index >= 15 is 0 Å². The highest BCUT2D eigenvalue weighted by Crippen LogP contribution is 2.30. The van der Waals surface area contributed by atoms with Crippen LogP contribution in [-0.2, 0) is 6.18 Å². The lowest BCUT2D eigenvalue weighted by atomic mass is 10.1. The Morgan fingerprint density at radius 2 is 1.39 bits per heavy atom. The molecule has 7 nitrogen and oxygen atoms in total. The number of aryl methyl sites for hydroxylation is 1. The second-order valence-corrected chi connectivity index (χ2v) is 9.30. The van der Waals surface area contributed by atoms with E-state index in [1.54, 1.807) is 6.07 Å². The van der Waals surface area contributed by atoms with Crippen LogP contribution in [0.25, 0.3) is 0 Å². The lowest BCUT2D eigenvalue weighted by Crippen LogP contribution is -2.47. The Balaban J connectivity index is 1.35. The van der Waals surface area contributed by atoms with E-state index in [4.69, 9.17) is 9.97 Å². The summed E-state index contributed by atoms with van der Waals surface area (Å²) in [5.74, 6) is 2.60. The molecule has 0 radical (unpaired) electrons. The second kappa shape index (κ2) is 10.2. The summed E-state index contributed by atoms with van der Waals surface area (Å²) in [7, 11) is 0. The number of nitrogens with zero attached hydrogens (tertiary/aromatic N) is 6. The molecule has 190 valence electrons. The largest absolute Gasteiger partial charge is 0.433 e. The molecular weight excluding hydrogens is 467 g/mol. The number of piperazine rings is 1. The van der Waals surface area contributed by atoms with Crippen LogP contribution in [-0.4, -0.2) is 54.2 Å². The third-order valence-corrected chi connectivity index (χ3v) is 6.62. The Morgan fingerprint density at radius 3 is 2.08 bits per heavy atom. The Bertz CT molecular complexity index is 1170. The molecule has 1 aromatic carbocycles. The molecule has 2 aliphatic rings. The molecular formula is C26H30F3N7. The maximum Gasteiger partial charge on any atom is 0.433 e. The van der Waals surface area contributed by atoms with Crippen LogP contribution in [0.3, 0.4) is 0 Å². The predicted octanol–water partition coefficient (Wildman–Crippen LogP) is 5.26. The van der Waals surface area contributed by atoms with Crippen molar-refractivity contribution in [3.8, 4) is 0 Å². The van der Waals surface area contributed by atoms with Crippen molar-refractivity contribution >= 4 is 29.1 Å². The molecule has 10 heteroatoms. The molecule has 0 amide bonds. The molecule has 2 saturated heterocycles. The quantitative estimate of drug-likeness (QED) is 0.516. The maximum atomic E-state index is 13.1. The van der Waals surface area contributed by atoms with Gasteiger partial charge in [0.25, 0.3) is 0 Å². The summed E-state index contributed by atoms with van der Waals surface area (Å²) in [5.41, 5.74) is 1.27. The normalized spacial score (nSPS) is 16.8. The first-order valence-electron chi connectivity index (χ1n) is 12.4. The number of hydrogen-bond donors (Lipinski definition) is 1. The SMILES string of the molecule is Cc1ccc(Nc2cc(N3CCCCC3)nc(N3CCN(c4cccc(C(F)(F)F)n4)CC3)n2)cc1. The zero-order valence-electron chi connectivity index (χ0n) is 20.3. The molecule has 3 aromatic rings. The van der Waals surface area contributed by atoms with Crippen LogP contribution in [0.15, 0.2) is 48.5 Å². The van der Waals surface area contributed by atoms with Gasteiger partial charge in [-0.1, -0.05) is 23.8 Å². The summed E-state index contributed by atoms with van der Waals surface area (Å²) in [5, 5.41) is 3.41. The number of halogens is 3. The van der Waals surface area contributed by atoms with Crippen LogP contribution in [0.1, 0.15) is 30.5 Å². The molecule has 0 aliphatic carbocycles. The molecule has 5 rings (SSSR count). The lowest BCUT2D eigenvalue weighted by molar-refractivity contribution is -0.141. The van der Waals surface area contributed by atoms with Gasteiger partial charge in [0.15, 0.2) is 0 Å². The van der Waals surface area contributed by atoms with E-state index in [9.17, 15) is 13.2 Å². The maximum absolute atomic E-state index is 13.1. The van der Waals surface area contributed by atoms with Crippen LogP contribution in [0.2, 0.25) is 0 Å². The average Bonchev–Trinajstić information content (AvgIpc) is 2.90. The van der Waals surface area contributed by atoms with Crippen LogP contribution in [0, 0.1) is 6.92 Å². The van der Waals surface area contributed by atoms with Crippen molar-refractivity contribution in [1.82, 2.24) is 15.0 Å². The number of pyridine rings is 1. The molecule has 2 fully saturated rings. The monoisotopic (exact) mass is 497 g/mol. The van der Waals surface area contributed by atoms with Crippen molar-refractivity contribution in [1.29, 1.82) is 0 Å². The average molecular weight is 498 g/mol. The number of alkyl halides is 3. The minimum Gasteiger partial charge on any atom is -0.356 e. The van der Waals surface area contributed by atoms with Crippen LogP contribution in [0.4, 0.5) is 42.3 Å². The van der Waals surface area contributed by atoms with E-state index in [0.29, 0.717) is 37.9 Å². The van der Waals surface area contributed by atoms with Gasteiger partial charge in [0, 0.05) is 51.0 Å². The Hall–Kier alpha value is -3.56. The molecule has 0 spiro atoms. The number of nitrogens with one attached hydrogen (secondary N) is 1. The number of benzene rings is 1. The zero-order valence-corrected chi connectivity index (χ0v) is 20.3. The molecule has 2 aliphatic heterocycles. The minimum absolute atomic E-state index is 0.342. The van der Waals surface area contributed by atoms with E-state index < -0.39 is 11.9 Å². The van der Waals surface area contributed by atoms with Gasteiger partial charge in [-0.15, -0.1) is 0 Å². The number of piperidine rings is 1. The Morgan fingerprint density at radius 1 is 0.722 bits per heavy atom. The van der Waals surface area contributed by atoms with E-state index in [2.05, 4.69) is 39.2 Å². The summed E-state index contributed by atoms with van der Waals surface area (Å²) in [6.07, 6.45) is -0.943. The topological polar surface area (TPSA) is 60.4 Å². The van der Waals surface area contributed by atoms with Gasteiger partial charge in [0.2, 0.25) is 5.95 Å². The summed E-state index contributed by atoms with van der Waals surface area (Å²) in [4.78, 5) is 19.8. The van der Waals surface area contributed by atoms with Crippen LogP contribution < -0.4 is 20.0 Å². The van der Waals surface area contributed by atoms with Crippen molar-refractivity contribution in [2.75, 3.05) is 59.3 Å². The van der Waals surface area contributed by atoms with Crippen molar-refractivity contribution < 1.29 is 13.2 Å². The van der Waals surface area contributed by atoms with Gasteiger partial charge in [0.1, 0.15) is 23.1 Å². The third kappa shape index (κ3) is 5.63. The van der Waals surface area contributed by atoms with Gasteiger partial charge in [-0.25, -0.2) is 4.98 Å². The molecule has 0 saturated carbocycles. The fourth-order valence-electron chi connectivity index (χ4n) is 4.59. The second-order valence-electron chi connectivity index (χ2n) is 9.30. The van der Waals surface area contributed by atoms with Crippen molar-refractivity contribution in [2.24, 2.45) is 0 Å². The molecule has 4 heterocycles. The van der Waals surface area contributed by atoms with Gasteiger partial charge < -0.3 is 20.0 Å². The number of anilines is 5. The Labute approximate surface area is 209 Å². The first-order chi connectivity index (χ1) is 17.3. The minimum atomic E-state index is -4.46. The number of rotatable bonds is 5. The third-order valence-electron chi connectivity index (χ3n) is 6.62. The number of aromatic nitrogens is 3. The number of hydrogen-bond acceptors (Lipinski definition) is 7. The van der Waals surface area contributed by atoms with Gasteiger partial charge in [-0.05, 0) is 50.5 Å². The highest BCUT2D eigenvalue weighted by atomic mass is 19.4.